The minimum absolute atomic E-state index is 0.341. The van der Waals surface area contributed by atoms with Gasteiger partial charge in [0.1, 0.15) is 5.82 Å². The molecule has 1 heterocycles. The molecule has 1 atom stereocenters. The Balaban J connectivity index is 2.01. The SMILES string of the molecule is OC(CNc1ccccn1)c1cc(Cl)cc(Cl)c1. The van der Waals surface area contributed by atoms with Crippen molar-refractivity contribution in [3.05, 3.63) is 58.2 Å². The van der Waals surface area contributed by atoms with Crippen LogP contribution in [0.5, 0.6) is 0 Å². The van der Waals surface area contributed by atoms with Crippen molar-refractivity contribution in [2.24, 2.45) is 0 Å². The van der Waals surface area contributed by atoms with Crippen LogP contribution in [0.15, 0.2) is 42.6 Å². The van der Waals surface area contributed by atoms with Crippen LogP contribution in [0.3, 0.4) is 0 Å². The van der Waals surface area contributed by atoms with E-state index in [1.807, 2.05) is 18.2 Å². The van der Waals surface area contributed by atoms with Crippen molar-refractivity contribution >= 4 is 29.0 Å². The van der Waals surface area contributed by atoms with E-state index in [0.717, 1.165) is 0 Å². The van der Waals surface area contributed by atoms with E-state index in [9.17, 15) is 5.11 Å². The Morgan fingerprint density at radius 2 is 1.89 bits per heavy atom. The summed E-state index contributed by atoms with van der Waals surface area (Å²) in [5, 5.41) is 14.1. The molecule has 0 radical (unpaired) electrons. The molecule has 0 spiro atoms. The number of aromatic nitrogens is 1. The Morgan fingerprint density at radius 3 is 2.50 bits per heavy atom. The number of hydrogen-bond acceptors (Lipinski definition) is 3. The topological polar surface area (TPSA) is 45.1 Å². The first-order chi connectivity index (χ1) is 8.65. The van der Waals surface area contributed by atoms with E-state index in [1.54, 1.807) is 24.4 Å². The predicted molar refractivity (Wildman–Crippen MR) is 74.1 cm³/mol. The van der Waals surface area contributed by atoms with Crippen molar-refractivity contribution in [2.75, 3.05) is 11.9 Å². The Morgan fingerprint density at radius 1 is 1.17 bits per heavy atom. The number of rotatable bonds is 4. The van der Waals surface area contributed by atoms with E-state index in [0.29, 0.717) is 28.0 Å². The number of aliphatic hydroxyl groups is 1. The summed E-state index contributed by atoms with van der Waals surface area (Å²) >= 11 is 11.8. The standard InChI is InChI=1S/C13H12Cl2N2O/c14-10-5-9(6-11(15)7-10)12(18)8-17-13-3-1-2-4-16-13/h1-7,12,18H,8H2,(H,16,17). The highest BCUT2D eigenvalue weighted by Gasteiger charge is 2.09. The summed E-state index contributed by atoms with van der Waals surface area (Å²) in [6, 6.07) is 10.6. The zero-order valence-corrected chi connectivity index (χ0v) is 11.0. The first-order valence-corrected chi connectivity index (χ1v) is 6.20. The predicted octanol–water partition coefficient (Wildman–Crippen LogP) is 3.53. The maximum absolute atomic E-state index is 10.0. The molecule has 0 bridgehead atoms. The normalized spacial score (nSPS) is 12.2. The molecule has 2 rings (SSSR count). The maximum Gasteiger partial charge on any atom is 0.125 e. The zero-order valence-electron chi connectivity index (χ0n) is 9.48. The minimum Gasteiger partial charge on any atom is -0.387 e. The summed E-state index contributed by atoms with van der Waals surface area (Å²) in [6.07, 6.45) is 0.994. The molecule has 5 heteroatoms. The van der Waals surface area contributed by atoms with Gasteiger partial charge in [-0.2, -0.15) is 0 Å². The number of nitrogens with one attached hydrogen (secondary N) is 1. The lowest BCUT2D eigenvalue weighted by atomic mass is 10.1. The molecular formula is C13H12Cl2N2O. The van der Waals surface area contributed by atoms with Gasteiger partial charge in [-0.15, -0.1) is 0 Å². The van der Waals surface area contributed by atoms with Crippen molar-refractivity contribution in [3.8, 4) is 0 Å². The van der Waals surface area contributed by atoms with Crippen LogP contribution in [0.1, 0.15) is 11.7 Å². The molecule has 0 aliphatic heterocycles. The van der Waals surface area contributed by atoms with Gasteiger partial charge in [0.05, 0.1) is 6.10 Å². The van der Waals surface area contributed by atoms with Gasteiger partial charge in [0.15, 0.2) is 0 Å². The summed E-state index contributed by atoms with van der Waals surface area (Å²) in [6.45, 7) is 0.341. The second-order valence-electron chi connectivity index (χ2n) is 3.81. The van der Waals surface area contributed by atoms with Crippen LogP contribution in [0.25, 0.3) is 0 Å². The van der Waals surface area contributed by atoms with Crippen LogP contribution < -0.4 is 5.32 Å². The molecule has 0 aliphatic carbocycles. The molecule has 94 valence electrons. The van der Waals surface area contributed by atoms with Crippen LogP contribution in [-0.4, -0.2) is 16.6 Å². The van der Waals surface area contributed by atoms with Gasteiger partial charge in [0, 0.05) is 22.8 Å². The van der Waals surface area contributed by atoms with Crippen LogP contribution >= 0.6 is 23.2 Å². The molecule has 0 fully saturated rings. The fourth-order valence-electron chi connectivity index (χ4n) is 1.55. The molecule has 0 aliphatic rings. The lowest BCUT2D eigenvalue weighted by molar-refractivity contribution is 0.191. The maximum atomic E-state index is 10.0. The molecule has 1 unspecified atom stereocenters. The quantitative estimate of drug-likeness (QED) is 0.902. The van der Waals surface area contributed by atoms with Crippen molar-refractivity contribution in [1.29, 1.82) is 0 Å². The first-order valence-electron chi connectivity index (χ1n) is 5.44. The summed E-state index contributed by atoms with van der Waals surface area (Å²) in [5.74, 6) is 0.713. The summed E-state index contributed by atoms with van der Waals surface area (Å²) in [7, 11) is 0. The second kappa shape index (κ2) is 6.05. The van der Waals surface area contributed by atoms with Gasteiger partial charge < -0.3 is 10.4 Å². The number of pyridine rings is 1. The van der Waals surface area contributed by atoms with E-state index < -0.39 is 6.10 Å². The Kier molecular flexibility index (Phi) is 4.42. The summed E-state index contributed by atoms with van der Waals surface area (Å²) in [5.41, 5.74) is 0.677. The van der Waals surface area contributed by atoms with E-state index >= 15 is 0 Å². The largest absolute Gasteiger partial charge is 0.387 e. The lowest BCUT2D eigenvalue weighted by Crippen LogP contribution is -2.12. The van der Waals surface area contributed by atoms with Gasteiger partial charge in [0.25, 0.3) is 0 Å². The molecule has 3 nitrogen and oxygen atoms in total. The summed E-state index contributed by atoms with van der Waals surface area (Å²) in [4.78, 5) is 4.11. The van der Waals surface area contributed by atoms with Gasteiger partial charge in [-0.3, -0.25) is 0 Å². The highest BCUT2D eigenvalue weighted by atomic mass is 35.5. The number of anilines is 1. The minimum atomic E-state index is -0.691. The van der Waals surface area contributed by atoms with Crippen LogP contribution in [0, 0.1) is 0 Å². The first kappa shape index (κ1) is 13.1. The molecule has 1 aromatic carbocycles. The molecule has 0 amide bonds. The Bertz CT molecular complexity index is 499. The van der Waals surface area contributed by atoms with Crippen molar-refractivity contribution in [3.63, 3.8) is 0 Å². The van der Waals surface area contributed by atoms with Crippen molar-refractivity contribution < 1.29 is 5.11 Å². The molecular weight excluding hydrogens is 271 g/mol. The number of hydrogen-bond donors (Lipinski definition) is 2. The Hall–Kier alpha value is -1.29. The highest BCUT2D eigenvalue weighted by Crippen LogP contribution is 2.23. The molecule has 2 N–H and O–H groups in total. The van der Waals surface area contributed by atoms with E-state index in [2.05, 4.69) is 10.3 Å². The van der Waals surface area contributed by atoms with E-state index in [4.69, 9.17) is 23.2 Å². The van der Waals surface area contributed by atoms with Crippen LogP contribution in [0.4, 0.5) is 5.82 Å². The smallest absolute Gasteiger partial charge is 0.125 e. The van der Waals surface area contributed by atoms with E-state index in [-0.39, 0.29) is 0 Å². The number of benzene rings is 1. The molecule has 0 saturated heterocycles. The third-order valence-corrected chi connectivity index (χ3v) is 2.85. The average molecular weight is 283 g/mol. The zero-order chi connectivity index (χ0) is 13.0. The lowest BCUT2D eigenvalue weighted by Gasteiger charge is -2.13. The molecule has 1 aromatic heterocycles. The van der Waals surface area contributed by atoms with Gasteiger partial charge in [-0.25, -0.2) is 4.98 Å². The summed E-state index contributed by atoms with van der Waals surface area (Å²) < 4.78 is 0. The van der Waals surface area contributed by atoms with Crippen molar-refractivity contribution in [2.45, 2.75) is 6.10 Å². The molecule has 18 heavy (non-hydrogen) atoms. The molecule has 0 saturated carbocycles. The number of halogens is 2. The van der Waals surface area contributed by atoms with Gasteiger partial charge in [-0.05, 0) is 35.9 Å². The average Bonchev–Trinajstić information content (AvgIpc) is 2.36. The fourth-order valence-corrected chi connectivity index (χ4v) is 2.10. The monoisotopic (exact) mass is 282 g/mol. The van der Waals surface area contributed by atoms with Gasteiger partial charge >= 0.3 is 0 Å². The Labute approximate surface area is 115 Å². The van der Waals surface area contributed by atoms with Crippen LogP contribution in [0.2, 0.25) is 10.0 Å². The van der Waals surface area contributed by atoms with Gasteiger partial charge in [-0.1, -0.05) is 29.3 Å². The highest BCUT2D eigenvalue weighted by molar-refractivity contribution is 6.34. The molecule has 2 aromatic rings. The van der Waals surface area contributed by atoms with Crippen molar-refractivity contribution in [1.82, 2.24) is 4.98 Å². The second-order valence-corrected chi connectivity index (χ2v) is 4.69. The fraction of sp³-hybridized carbons (Fsp3) is 0.154. The van der Waals surface area contributed by atoms with Gasteiger partial charge in [0.2, 0.25) is 0 Å². The number of nitrogens with zero attached hydrogens (tertiary/aromatic N) is 1. The number of aliphatic hydroxyl groups excluding tert-OH is 1. The third kappa shape index (κ3) is 3.60. The van der Waals surface area contributed by atoms with E-state index in [1.165, 1.54) is 0 Å². The third-order valence-electron chi connectivity index (χ3n) is 2.41. The van der Waals surface area contributed by atoms with Crippen LogP contribution in [-0.2, 0) is 0 Å².